The highest BCUT2D eigenvalue weighted by Gasteiger charge is 2.17. The second kappa shape index (κ2) is 6.12. The van der Waals surface area contributed by atoms with E-state index in [1.165, 1.54) is 21.7 Å². The highest BCUT2D eigenvalue weighted by atomic mass is 35.5. The summed E-state index contributed by atoms with van der Waals surface area (Å²) in [6.07, 6.45) is 0.656. The lowest BCUT2D eigenvalue weighted by molar-refractivity contribution is 0.546. The van der Waals surface area contributed by atoms with Crippen LogP contribution in [0, 0.1) is 5.82 Å². The van der Waals surface area contributed by atoms with E-state index in [4.69, 9.17) is 17.4 Å². The van der Waals surface area contributed by atoms with Crippen molar-refractivity contribution in [2.24, 2.45) is 5.84 Å². The first-order chi connectivity index (χ1) is 10.2. The molecular weight excluding hydrogens is 307 g/mol. The lowest BCUT2D eigenvalue weighted by Gasteiger charge is -2.17. The van der Waals surface area contributed by atoms with E-state index < -0.39 is 5.82 Å². The van der Waals surface area contributed by atoms with E-state index >= 15 is 0 Å². The molecule has 1 aromatic heterocycles. The molecular formula is C16H14ClFN2S. The van der Waals surface area contributed by atoms with Gasteiger partial charge in [0.05, 0.1) is 11.1 Å². The fourth-order valence-electron chi connectivity index (χ4n) is 2.46. The zero-order valence-corrected chi connectivity index (χ0v) is 12.7. The quantitative estimate of drug-likeness (QED) is 0.551. The molecule has 0 spiro atoms. The number of thiophene rings is 1. The Hall–Kier alpha value is -1.46. The summed E-state index contributed by atoms with van der Waals surface area (Å²) in [5.74, 6) is 5.23. The van der Waals surface area contributed by atoms with Crippen molar-refractivity contribution in [2.45, 2.75) is 12.5 Å². The fraction of sp³-hybridized carbons (Fsp3) is 0.125. The highest BCUT2D eigenvalue weighted by molar-refractivity contribution is 7.17. The van der Waals surface area contributed by atoms with Gasteiger partial charge in [-0.1, -0.05) is 41.9 Å². The lowest BCUT2D eigenvalue weighted by Crippen LogP contribution is -2.29. The standard InChI is InChI=1S/C16H14ClFN2S/c17-16-12(5-3-6-13(16)18)14(20-19)8-10-9-21-15-7-2-1-4-11(10)15/h1-7,9,14,20H,8,19H2. The van der Waals surface area contributed by atoms with Crippen LogP contribution < -0.4 is 11.3 Å². The molecule has 1 heterocycles. The number of hydrogen-bond donors (Lipinski definition) is 2. The minimum Gasteiger partial charge on any atom is -0.271 e. The second-order valence-electron chi connectivity index (χ2n) is 4.82. The summed E-state index contributed by atoms with van der Waals surface area (Å²) in [6.45, 7) is 0. The molecule has 21 heavy (non-hydrogen) atoms. The third-order valence-corrected chi connectivity index (χ3v) is 4.95. The molecule has 0 aliphatic rings. The topological polar surface area (TPSA) is 38.0 Å². The Bertz CT molecular complexity index is 772. The molecule has 0 saturated heterocycles. The van der Waals surface area contributed by atoms with Crippen LogP contribution >= 0.6 is 22.9 Å². The minimum absolute atomic E-state index is 0.125. The van der Waals surface area contributed by atoms with E-state index in [1.54, 1.807) is 23.5 Å². The molecule has 0 fully saturated rings. The largest absolute Gasteiger partial charge is 0.271 e. The van der Waals surface area contributed by atoms with E-state index in [-0.39, 0.29) is 11.1 Å². The molecule has 0 radical (unpaired) electrons. The van der Waals surface area contributed by atoms with Crippen molar-refractivity contribution in [2.75, 3.05) is 0 Å². The summed E-state index contributed by atoms with van der Waals surface area (Å²) in [4.78, 5) is 0. The minimum atomic E-state index is -0.426. The van der Waals surface area contributed by atoms with Crippen molar-refractivity contribution in [1.82, 2.24) is 5.43 Å². The first-order valence-electron chi connectivity index (χ1n) is 6.56. The fourth-order valence-corrected chi connectivity index (χ4v) is 3.69. The maximum Gasteiger partial charge on any atom is 0.142 e. The average molecular weight is 321 g/mol. The van der Waals surface area contributed by atoms with Crippen LogP contribution in [0.3, 0.4) is 0 Å². The lowest BCUT2D eigenvalue weighted by atomic mass is 9.99. The van der Waals surface area contributed by atoms with Crippen LogP contribution in [0.25, 0.3) is 10.1 Å². The molecule has 1 atom stereocenters. The maximum absolute atomic E-state index is 13.6. The number of hydrogen-bond acceptors (Lipinski definition) is 3. The molecule has 3 rings (SSSR count). The Labute approximate surface area is 131 Å². The first kappa shape index (κ1) is 14.5. The van der Waals surface area contributed by atoms with E-state index in [2.05, 4.69) is 22.9 Å². The van der Waals surface area contributed by atoms with E-state index in [9.17, 15) is 4.39 Å². The van der Waals surface area contributed by atoms with Crippen LogP contribution in [-0.2, 0) is 6.42 Å². The van der Waals surface area contributed by atoms with Crippen molar-refractivity contribution in [3.05, 3.63) is 69.8 Å². The van der Waals surface area contributed by atoms with Crippen LogP contribution in [0.2, 0.25) is 5.02 Å². The average Bonchev–Trinajstić information content (AvgIpc) is 2.91. The number of nitrogens with one attached hydrogen (secondary N) is 1. The smallest absolute Gasteiger partial charge is 0.142 e. The number of nitrogens with two attached hydrogens (primary N) is 1. The van der Waals surface area contributed by atoms with Gasteiger partial charge in [-0.3, -0.25) is 11.3 Å². The summed E-state index contributed by atoms with van der Waals surface area (Å²) in [5, 5.41) is 3.44. The molecule has 2 aromatic carbocycles. The monoisotopic (exact) mass is 320 g/mol. The number of benzene rings is 2. The van der Waals surface area contributed by atoms with Gasteiger partial charge in [0.25, 0.3) is 0 Å². The third kappa shape index (κ3) is 2.80. The van der Waals surface area contributed by atoms with Crippen molar-refractivity contribution in [3.8, 4) is 0 Å². The van der Waals surface area contributed by atoms with Gasteiger partial charge in [0.15, 0.2) is 0 Å². The van der Waals surface area contributed by atoms with Gasteiger partial charge in [0.2, 0.25) is 0 Å². The second-order valence-corrected chi connectivity index (χ2v) is 6.11. The van der Waals surface area contributed by atoms with Crippen molar-refractivity contribution in [1.29, 1.82) is 0 Å². The van der Waals surface area contributed by atoms with Crippen molar-refractivity contribution >= 4 is 33.0 Å². The number of halogens is 2. The Kier molecular flexibility index (Phi) is 4.22. The molecule has 3 aromatic rings. The van der Waals surface area contributed by atoms with Gasteiger partial charge in [-0.25, -0.2) is 4.39 Å². The van der Waals surface area contributed by atoms with Gasteiger partial charge in [0, 0.05) is 4.70 Å². The van der Waals surface area contributed by atoms with E-state index in [1.807, 2.05) is 12.1 Å². The molecule has 0 saturated carbocycles. The molecule has 5 heteroatoms. The molecule has 0 amide bonds. The van der Waals surface area contributed by atoms with Crippen LogP contribution in [0.15, 0.2) is 47.8 Å². The predicted molar refractivity (Wildman–Crippen MR) is 87.0 cm³/mol. The number of hydrazine groups is 1. The zero-order valence-electron chi connectivity index (χ0n) is 11.1. The van der Waals surface area contributed by atoms with Gasteiger partial charge < -0.3 is 0 Å². The Morgan fingerprint density at radius 2 is 2.00 bits per heavy atom. The molecule has 2 nitrogen and oxygen atoms in total. The molecule has 0 aliphatic heterocycles. The zero-order chi connectivity index (χ0) is 14.8. The van der Waals surface area contributed by atoms with E-state index in [0.29, 0.717) is 12.0 Å². The van der Waals surface area contributed by atoms with Gasteiger partial charge in [-0.05, 0) is 40.4 Å². The Morgan fingerprint density at radius 1 is 1.19 bits per heavy atom. The summed E-state index contributed by atoms with van der Waals surface area (Å²) in [5.41, 5.74) is 4.60. The van der Waals surface area contributed by atoms with Crippen molar-refractivity contribution in [3.63, 3.8) is 0 Å². The predicted octanol–water partition coefficient (Wildman–Crippen LogP) is 4.44. The Balaban J connectivity index is 1.96. The highest BCUT2D eigenvalue weighted by Crippen LogP contribution is 2.32. The normalized spacial score (nSPS) is 12.7. The molecule has 0 bridgehead atoms. The number of rotatable bonds is 4. The molecule has 1 unspecified atom stereocenters. The van der Waals surface area contributed by atoms with Crippen LogP contribution in [0.5, 0.6) is 0 Å². The summed E-state index contributed by atoms with van der Waals surface area (Å²) in [7, 11) is 0. The summed E-state index contributed by atoms with van der Waals surface area (Å²) < 4.78 is 14.8. The number of fused-ring (bicyclic) bond motifs is 1. The molecule has 0 aliphatic carbocycles. The molecule has 3 N–H and O–H groups in total. The van der Waals surface area contributed by atoms with Crippen LogP contribution in [0.4, 0.5) is 4.39 Å². The maximum atomic E-state index is 13.6. The summed E-state index contributed by atoms with van der Waals surface area (Å²) >= 11 is 7.75. The van der Waals surface area contributed by atoms with Crippen LogP contribution in [0.1, 0.15) is 17.2 Å². The van der Waals surface area contributed by atoms with E-state index in [0.717, 1.165) is 0 Å². The van der Waals surface area contributed by atoms with Gasteiger partial charge in [0.1, 0.15) is 5.82 Å². The SMILES string of the molecule is NNC(Cc1csc2ccccc12)c1cccc(F)c1Cl. The van der Waals surface area contributed by atoms with Gasteiger partial charge in [-0.15, -0.1) is 11.3 Å². The van der Waals surface area contributed by atoms with Crippen molar-refractivity contribution < 1.29 is 4.39 Å². The van der Waals surface area contributed by atoms with Gasteiger partial charge in [-0.2, -0.15) is 0 Å². The van der Waals surface area contributed by atoms with Gasteiger partial charge >= 0.3 is 0 Å². The third-order valence-electron chi connectivity index (χ3n) is 3.54. The molecule has 108 valence electrons. The summed E-state index contributed by atoms with van der Waals surface area (Å²) in [6, 6.07) is 12.8. The van der Waals surface area contributed by atoms with Crippen LogP contribution in [-0.4, -0.2) is 0 Å². The first-order valence-corrected chi connectivity index (χ1v) is 7.81. The Morgan fingerprint density at radius 3 is 2.81 bits per heavy atom.